The second kappa shape index (κ2) is 8.64. The third-order valence-electron chi connectivity index (χ3n) is 4.68. The minimum Gasteiger partial charge on any atom is -0.355 e. The zero-order valence-corrected chi connectivity index (χ0v) is 15.4. The minimum absolute atomic E-state index is 0.581. The normalized spacial score (nSPS) is 16.5. The van der Waals surface area contributed by atoms with Crippen molar-refractivity contribution >= 4 is 5.82 Å². The van der Waals surface area contributed by atoms with Crippen LogP contribution in [0.5, 0.6) is 0 Å². The lowest BCUT2D eigenvalue weighted by molar-refractivity contribution is -0.137. The first kappa shape index (κ1) is 19.5. The Labute approximate surface area is 156 Å². The van der Waals surface area contributed by atoms with Gasteiger partial charge in [-0.2, -0.15) is 13.2 Å². The molecule has 0 bridgehead atoms. The summed E-state index contributed by atoms with van der Waals surface area (Å²) in [6.45, 7) is 6.74. The average Bonchev–Trinajstić information content (AvgIpc) is 2.94. The number of halogens is 3. The van der Waals surface area contributed by atoms with Crippen LogP contribution in [0.3, 0.4) is 0 Å². The van der Waals surface area contributed by atoms with E-state index in [1.165, 1.54) is 6.07 Å². The zero-order valence-electron chi connectivity index (χ0n) is 15.4. The van der Waals surface area contributed by atoms with Crippen LogP contribution in [0.15, 0.2) is 18.3 Å². The highest BCUT2D eigenvalue weighted by Gasteiger charge is 2.31. The maximum Gasteiger partial charge on any atom is 0.417 e. The monoisotopic (exact) mass is 383 g/mol. The van der Waals surface area contributed by atoms with Gasteiger partial charge < -0.3 is 4.90 Å². The van der Waals surface area contributed by atoms with E-state index in [2.05, 4.69) is 32.3 Å². The molecule has 0 aromatic carbocycles. The van der Waals surface area contributed by atoms with Crippen LogP contribution in [0.2, 0.25) is 0 Å². The molecular formula is C17H24F3N7. The van der Waals surface area contributed by atoms with Gasteiger partial charge in [0, 0.05) is 38.9 Å². The number of hydrogen-bond donors (Lipinski definition) is 0. The molecule has 3 heterocycles. The molecule has 0 atom stereocenters. The van der Waals surface area contributed by atoms with E-state index in [-0.39, 0.29) is 0 Å². The molecule has 0 saturated carbocycles. The first-order valence-corrected chi connectivity index (χ1v) is 9.23. The lowest BCUT2D eigenvalue weighted by Crippen LogP contribution is -2.31. The fourth-order valence-electron chi connectivity index (χ4n) is 3.12. The van der Waals surface area contributed by atoms with Gasteiger partial charge in [-0.25, -0.2) is 9.67 Å². The van der Waals surface area contributed by atoms with Crippen LogP contribution in [-0.4, -0.2) is 56.3 Å². The maximum absolute atomic E-state index is 12.7. The number of pyridine rings is 1. The highest BCUT2D eigenvalue weighted by atomic mass is 19.4. The summed E-state index contributed by atoms with van der Waals surface area (Å²) in [6.07, 6.45) is -0.439. The van der Waals surface area contributed by atoms with Crippen molar-refractivity contribution < 1.29 is 13.2 Å². The van der Waals surface area contributed by atoms with Crippen molar-refractivity contribution in [2.45, 2.75) is 45.5 Å². The Bertz CT molecular complexity index is 714. The van der Waals surface area contributed by atoms with E-state index in [0.29, 0.717) is 18.9 Å². The number of rotatable bonds is 6. The van der Waals surface area contributed by atoms with Gasteiger partial charge in [0.2, 0.25) is 0 Å². The molecule has 148 valence electrons. The van der Waals surface area contributed by atoms with Gasteiger partial charge in [-0.3, -0.25) is 4.90 Å². The smallest absolute Gasteiger partial charge is 0.355 e. The summed E-state index contributed by atoms with van der Waals surface area (Å²) in [6, 6.07) is 2.54. The van der Waals surface area contributed by atoms with Crippen LogP contribution in [0.1, 0.15) is 37.6 Å². The Morgan fingerprint density at radius 2 is 1.96 bits per heavy atom. The number of aromatic nitrogens is 5. The summed E-state index contributed by atoms with van der Waals surface area (Å²) in [4.78, 5) is 8.31. The summed E-state index contributed by atoms with van der Waals surface area (Å²) in [7, 11) is 0. The van der Waals surface area contributed by atoms with Crippen molar-refractivity contribution in [1.29, 1.82) is 0 Å². The summed E-state index contributed by atoms with van der Waals surface area (Å²) in [5, 5.41) is 12.0. The topological polar surface area (TPSA) is 63.0 Å². The molecule has 3 rings (SSSR count). The Kier molecular flexibility index (Phi) is 6.25. The highest BCUT2D eigenvalue weighted by molar-refractivity contribution is 5.40. The van der Waals surface area contributed by atoms with Crippen LogP contribution in [0, 0.1) is 0 Å². The van der Waals surface area contributed by atoms with Crippen LogP contribution in [0.25, 0.3) is 0 Å². The van der Waals surface area contributed by atoms with Crippen LogP contribution in [0.4, 0.5) is 19.0 Å². The molecule has 27 heavy (non-hydrogen) atoms. The molecule has 0 unspecified atom stereocenters. The van der Waals surface area contributed by atoms with Gasteiger partial charge in [0.25, 0.3) is 0 Å². The van der Waals surface area contributed by atoms with E-state index in [1.54, 1.807) is 0 Å². The molecule has 0 radical (unpaired) electrons. The fourth-order valence-corrected chi connectivity index (χ4v) is 3.12. The van der Waals surface area contributed by atoms with Gasteiger partial charge in [0.1, 0.15) is 5.82 Å². The quantitative estimate of drug-likeness (QED) is 0.764. The lowest BCUT2D eigenvalue weighted by Gasteiger charge is -2.22. The number of aryl methyl sites for hydroxylation is 1. The second-order valence-corrected chi connectivity index (χ2v) is 6.69. The number of unbranched alkanes of at least 4 members (excludes halogenated alkanes) is 1. The molecule has 1 aliphatic rings. The molecule has 1 fully saturated rings. The van der Waals surface area contributed by atoms with Gasteiger partial charge in [-0.1, -0.05) is 13.3 Å². The molecule has 2 aromatic heterocycles. The number of hydrogen-bond acceptors (Lipinski definition) is 6. The van der Waals surface area contributed by atoms with Crippen LogP contribution in [-0.2, 0) is 19.3 Å². The van der Waals surface area contributed by atoms with Crippen molar-refractivity contribution in [2.75, 3.05) is 31.1 Å². The standard InChI is InChI=1S/C17H24F3N7/c1-2-3-9-27-16(22-23-24-27)13-25-7-4-8-26(11-10-25)15-6-5-14(12-21-15)17(18,19)20/h5-6,12H,2-4,7-11,13H2,1H3. The molecule has 1 saturated heterocycles. The average molecular weight is 383 g/mol. The molecule has 0 spiro atoms. The van der Waals surface area contributed by atoms with E-state index < -0.39 is 11.7 Å². The van der Waals surface area contributed by atoms with Crippen molar-refractivity contribution in [1.82, 2.24) is 30.1 Å². The van der Waals surface area contributed by atoms with E-state index in [4.69, 9.17) is 0 Å². The van der Waals surface area contributed by atoms with E-state index in [1.807, 2.05) is 9.58 Å². The number of tetrazole rings is 1. The van der Waals surface area contributed by atoms with Gasteiger partial charge in [0.15, 0.2) is 5.82 Å². The first-order chi connectivity index (χ1) is 13.0. The molecule has 7 nitrogen and oxygen atoms in total. The zero-order chi connectivity index (χ0) is 19.3. The Morgan fingerprint density at radius 3 is 2.67 bits per heavy atom. The number of nitrogens with zero attached hydrogens (tertiary/aromatic N) is 7. The number of anilines is 1. The summed E-state index contributed by atoms with van der Waals surface area (Å²) < 4.78 is 39.9. The SMILES string of the molecule is CCCCn1nnnc1CN1CCCN(c2ccc(C(F)(F)F)cn2)CC1. The van der Waals surface area contributed by atoms with Crippen molar-refractivity contribution in [2.24, 2.45) is 0 Å². The first-order valence-electron chi connectivity index (χ1n) is 9.23. The highest BCUT2D eigenvalue weighted by Crippen LogP contribution is 2.29. The van der Waals surface area contributed by atoms with Gasteiger partial charge >= 0.3 is 6.18 Å². The third kappa shape index (κ3) is 5.15. The van der Waals surface area contributed by atoms with E-state index in [0.717, 1.165) is 63.5 Å². The van der Waals surface area contributed by atoms with E-state index >= 15 is 0 Å². The molecule has 1 aliphatic heterocycles. The summed E-state index contributed by atoms with van der Waals surface area (Å²) in [5.41, 5.74) is -0.721. The minimum atomic E-state index is -4.36. The maximum atomic E-state index is 12.7. The summed E-state index contributed by atoms with van der Waals surface area (Å²) in [5.74, 6) is 1.43. The molecular weight excluding hydrogens is 359 g/mol. The molecule has 10 heteroatoms. The second-order valence-electron chi connectivity index (χ2n) is 6.69. The molecule has 0 amide bonds. The molecule has 0 N–H and O–H groups in total. The molecule has 0 aliphatic carbocycles. The Morgan fingerprint density at radius 1 is 1.11 bits per heavy atom. The van der Waals surface area contributed by atoms with Gasteiger partial charge in [-0.15, -0.1) is 5.10 Å². The summed E-state index contributed by atoms with van der Waals surface area (Å²) >= 11 is 0. The van der Waals surface area contributed by atoms with Crippen molar-refractivity contribution in [3.8, 4) is 0 Å². The molecule has 2 aromatic rings. The largest absolute Gasteiger partial charge is 0.417 e. The predicted molar refractivity (Wildman–Crippen MR) is 94.1 cm³/mol. The predicted octanol–water partition coefficient (Wildman–Crippen LogP) is 2.60. The lowest BCUT2D eigenvalue weighted by atomic mass is 10.2. The van der Waals surface area contributed by atoms with Gasteiger partial charge in [0.05, 0.1) is 12.1 Å². The Balaban J connectivity index is 1.58. The van der Waals surface area contributed by atoms with Gasteiger partial charge in [-0.05, 0) is 35.4 Å². The Hall–Kier alpha value is -2.23. The van der Waals surface area contributed by atoms with E-state index in [9.17, 15) is 13.2 Å². The van der Waals surface area contributed by atoms with Crippen LogP contribution < -0.4 is 4.90 Å². The number of alkyl halides is 3. The van der Waals surface area contributed by atoms with Crippen LogP contribution >= 0.6 is 0 Å². The van der Waals surface area contributed by atoms with Crippen molar-refractivity contribution in [3.63, 3.8) is 0 Å². The van der Waals surface area contributed by atoms with Crippen molar-refractivity contribution in [3.05, 3.63) is 29.7 Å². The third-order valence-corrected chi connectivity index (χ3v) is 4.68. The fraction of sp³-hybridized carbons (Fsp3) is 0.647.